The maximum atomic E-state index is 8.71. The van der Waals surface area contributed by atoms with Crippen molar-refractivity contribution >= 4 is 11.6 Å². The van der Waals surface area contributed by atoms with Crippen LogP contribution in [0.2, 0.25) is 0 Å². The van der Waals surface area contributed by atoms with Crippen LogP contribution in [-0.4, -0.2) is 47.5 Å². The van der Waals surface area contributed by atoms with Crippen molar-refractivity contribution in [3.05, 3.63) is 12.4 Å². The summed E-state index contributed by atoms with van der Waals surface area (Å²) in [6, 6.07) is 1.83. The molecular formula is C11H19N5O2. The summed E-state index contributed by atoms with van der Waals surface area (Å²) in [5.41, 5.74) is 2.51. The normalized spacial score (nSPS) is 16.9. The monoisotopic (exact) mass is 253 g/mol. The van der Waals surface area contributed by atoms with Crippen LogP contribution in [0.3, 0.4) is 0 Å². The van der Waals surface area contributed by atoms with E-state index >= 15 is 0 Å². The number of hydrogen-bond donors (Lipinski definition) is 3. The molecule has 0 unspecified atom stereocenters. The van der Waals surface area contributed by atoms with Crippen LogP contribution in [0.15, 0.2) is 12.4 Å². The number of nitrogens with two attached hydrogens (primary N) is 1. The molecule has 7 nitrogen and oxygen atoms in total. The number of nitrogens with one attached hydrogen (secondary N) is 1. The number of hydrazine groups is 1. The first-order chi connectivity index (χ1) is 8.83. The van der Waals surface area contributed by atoms with Gasteiger partial charge in [-0.05, 0) is 12.8 Å². The van der Waals surface area contributed by atoms with E-state index in [2.05, 4.69) is 20.3 Å². The molecule has 1 aromatic heterocycles. The lowest BCUT2D eigenvalue weighted by Crippen LogP contribution is -2.37. The highest BCUT2D eigenvalue weighted by atomic mass is 16.5. The van der Waals surface area contributed by atoms with Gasteiger partial charge in [0.25, 0.3) is 0 Å². The van der Waals surface area contributed by atoms with Crippen LogP contribution in [-0.2, 0) is 4.74 Å². The molecule has 0 saturated carbocycles. The predicted molar refractivity (Wildman–Crippen MR) is 68.1 cm³/mol. The summed E-state index contributed by atoms with van der Waals surface area (Å²) in [4.78, 5) is 10.4. The van der Waals surface area contributed by atoms with E-state index in [9.17, 15) is 0 Å². The van der Waals surface area contributed by atoms with Gasteiger partial charge in [0.15, 0.2) is 0 Å². The third-order valence-electron chi connectivity index (χ3n) is 3.01. The van der Waals surface area contributed by atoms with Crippen LogP contribution in [0.1, 0.15) is 12.8 Å². The minimum Gasteiger partial charge on any atom is -0.394 e. The Hall–Kier alpha value is -1.44. The summed E-state index contributed by atoms with van der Waals surface area (Å²) < 4.78 is 5.52. The maximum Gasteiger partial charge on any atom is 0.145 e. The van der Waals surface area contributed by atoms with Crippen molar-refractivity contribution in [1.82, 2.24) is 9.97 Å². The van der Waals surface area contributed by atoms with E-state index in [0.717, 1.165) is 31.7 Å². The molecule has 1 aliphatic rings. The molecule has 1 aromatic rings. The van der Waals surface area contributed by atoms with Gasteiger partial charge in [-0.1, -0.05) is 0 Å². The highest BCUT2D eigenvalue weighted by Crippen LogP contribution is 2.20. The number of aromatic nitrogens is 2. The smallest absolute Gasteiger partial charge is 0.145 e. The number of nitrogens with zero attached hydrogens (tertiary/aromatic N) is 3. The number of aliphatic hydroxyl groups excluding tert-OH is 1. The van der Waals surface area contributed by atoms with Gasteiger partial charge in [0, 0.05) is 19.2 Å². The molecule has 1 aliphatic heterocycles. The highest BCUT2D eigenvalue weighted by molar-refractivity contribution is 5.47. The van der Waals surface area contributed by atoms with Gasteiger partial charge in [-0.15, -0.1) is 0 Å². The molecule has 7 heteroatoms. The van der Waals surface area contributed by atoms with Crippen LogP contribution < -0.4 is 16.2 Å². The topological polar surface area (TPSA) is 96.5 Å². The molecule has 1 saturated heterocycles. The molecule has 100 valence electrons. The summed E-state index contributed by atoms with van der Waals surface area (Å²) in [7, 11) is 0. The van der Waals surface area contributed by atoms with E-state index in [-0.39, 0.29) is 12.7 Å². The van der Waals surface area contributed by atoms with Crippen LogP contribution in [0.5, 0.6) is 0 Å². The van der Waals surface area contributed by atoms with Gasteiger partial charge in [-0.3, -0.25) is 0 Å². The van der Waals surface area contributed by atoms with Gasteiger partial charge in [-0.2, -0.15) is 0 Å². The molecule has 0 amide bonds. The quantitative estimate of drug-likeness (QED) is 0.491. The lowest BCUT2D eigenvalue weighted by atomic mass is 10.1. The zero-order chi connectivity index (χ0) is 12.8. The van der Waals surface area contributed by atoms with Gasteiger partial charge in [0.05, 0.1) is 19.3 Å². The van der Waals surface area contributed by atoms with Crippen molar-refractivity contribution in [2.75, 3.05) is 36.6 Å². The third-order valence-corrected chi connectivity index (χ3v) is 3.01. The molecule has 0 spiro atoms. The fourth-order valence-corrected chi connectivity index (χ4v) is 2.07. The average molecular weight is 253 g/mol. The minimum atomic E-state index is 0.0810. The van der Waals surface area contributed by atoms with Gasteiger partial charge in [0.1, 0.15) is 18.0 Å². The third kappa shape index (κ3) is 3.28. The average Bonchev–Trinajstić information content (AvgIpc) is 2.46. The summed E-state index contributed by atoms with van der Waals surface area (Å²) in [5.74, 6) is 6.81. The standard InChI is InChI=1S/C11H19N5O2/c12-15-10-7-11(14-8-13-10)16-3-1-9(2-4-16)18-6-5-17/h7-9,17H,1-6,12H2,(H,13,14,15). The highest BCUT2D eigenvalue weighted by Gasteiger charge is 2.20. The maximum absolute atomic E-state index is 8.71. The van der Waals surface area contributed by atoms with Crippen LogP contribution in [0.4, 0.5) is 11.6 Å². The summed E-state index contributed by atoms with van der Waals surface area (Å²) in [6.07, 6.45) is 3.62. The lowest BCUT2D eigenvalue weighted by molar-refractivity contribution is 0.0158. The molecule has 0 atom stereocenters. The molecule has 0 radical (unpaired) electrons. The summed E-state index contributed by atoms with van der Waals surface area (Å²) >= 11 is 0. The second-order valence-corrected chi connectivity index (χ2v) is 4.19. The predicted octanol–water partition coefficient (Wildman–Crippen LogP) is -0.260. The first-order valence-corrected chi connectivity index (χ1v) is 6.09. The first kappa shape index (κ1) is 13.0. The second-order valence-electron chi connectivity index (χ2n) is 4.19. The Bertz CT molecular complexity index is 368. The Morgan fingerprint density at radius 1 is 1.44 bits per heavy atom. The first-order valence-electron chi connectivity index (χ1n) is 6.09. The molecule has 0 aliphatic carbocycles. The largest absolute Gasteiger partial charge is 0.394 e. The SMILES string of the molecule is NNc1cc(N2CCC(OCCO)CC2)ncn1. The second kappa shape index (κ2) is 6.48. The molecule has 0 bridgehead atoms. The number of anilines is 2. The molecule has 2 rings (SSSR count). The minimum absolute atomic E-state index is 0.0810. The molecule has 1 fully saturated rings. The number of hydrogen-bond acceptors (Lipinski definition) is 7. The van der Waals surface area contributed by atoms with Gasteiger partial charge in [-0.25, -0.2) is 15.8 Å². The van der Waals surface area contributed by atoms with E-state index in [0.29, 0.717) is 12.4 Å². The lowest BCUT2D eigenvalue weighted by Gasteiger charge is -2.32. The molecule has 18 heavy (non-hydrogen) atoms. The van der Waals surface area contributed by atoms with Crippen molar-refractivity contribution in [3.63, 3.8) is 0 Å². The zero-order valence-corrected chi connectivity index (χ0v) is 10.2. The fraction of sp³-hybridized carbons (Fsp3) is 0.636. The van der Waals surface area contributed by atoms with Crippen LogP contribution >= 0.6 is 0 Å². The Morgan fingerprint density at radius 3 is 2.89 bits per heavy atom. The van der Waals surface area contributed by atoms with E-state index < -0.39 is 0 Å². The van der Waals surface area contributed by atoms with Crippen LogP contribution in [0, 0.1) is 0 Å². The molecule has 2 heterocycles. The number of nitrogen functional groups attached to an aromatic ring is 1. The van der Waals surface area contributed by atoms with E-state index in [1.54, 1.807) is 0 Å². The Morgan fingerprint density at radius 2 is 2.22 bits per heavy atom. The van der Waals surface area contributed by atoms with E-state index in [4.69, 9.17) is 15.7 Å². The van der Waals surface area contributed by atoms with Crippen molar-refractivity contribution in [1.29, 1.82) is 0 Å². The van der Waals surface area contributed by atoms with Crippen LogP contribution in [0.25, 0.3) is 0 Å². The van der Waals surface area contributed by atoms with Gasteiger partial charge >= 0.3 is 0 Å². The van der Waals surface area contributed by atoms with E-state index in [1.165, 1.54) is 6.33 Å². The zero-order valence-electron chi connectivity index (χ0n) is 10.2. The van der Waals surface area contributed by atoms with Crippen molar-refractivity contribution in [2.45, 2.75) is 18.9 Å². The summed E-state index contributed by atoms with van der Waals surface area (Å²) in [6.45, 7) is 2.27. The Kier molecular flexibility index (Phi) is 4.68. The number of rotatable bonds is 5. The van der Waals surface area contributed by atoms with Gasteiger partial charge < -0.3 is 20.2 Å². The van der Waals surface area contributed by atoms with Crippen molar-refractivity contribution < 1.29 is 9.84 Å². The Labute approximate surface area is 106 Å². The van der Waals surface area contributed by atoms with Gasteiger partial charge in [0.2, 0.25) is 0 Å². The Balaban J connectivity index is 1.88. The van der Waals surface area contributed by atoms with Crippen molar-refractivity contribution in [2.24, 2.45) is 5.84 Å². The summed E-state index contributed by atoms with van der Waals surface area (Å²) in [5, 5.41) is 8.71. The van der Waals surface area contributed by atoms with Crippen molar-refractivity contribution in [3.8, 4) is 0 Å². The molecular weight excluding hydrogens is 234 g/mol. The number of piperidine rings is 1. The number of aliphatic hydroxyl groups is 1. The fourth-order valence-electron chi connectivity index (χ4n) is 2.07. The number of ether oxygens (including phenoxy) is 1. The molecule has 0 aromatic carbocycles. The van der Waals surface area contributed by atoms with E-state index in [1.807, 2.05) is 6.07 Å². The molecule has 4 N–H and O–H groups in total.